The third-order valence-electron chi connectivity index (χ3n) is 5.24. The minimum atomic E-state index is -0.199. The Balaban J connectivity index is 1.52. The number of nitrogens with zero attached hydrogens (tertiary/aromatic N) is 3. The number of hydrogen-bond donors (Lipinski definition) is 1. The number of anilines is 1. The van der Waals surface area contributed by atoms with E-state index in [0.29, 0.717) is 5.96 Å². The molecule has 2 fully saturated rings. The highest BCUT2D eigenvalue weighted by molar-refractivity contribution is 5.78. The first-order valence-electron chi connectivity index (χ1n) is 8.66. The van der Waals surface area contributed by atoms with Gasteiger partial charge in [-0.2, -0.15) is 0 Å². The van der Waals surface area contributed by atoms with Gasteiger partial charge in [-0.05, 0) is 37.1 Å². The number of rotatable bonds is 5. The predicted molar refractivity (Wildman–Crippen MR) is 94.8 cm³/mol. The highest BCUT2D eigenvalue weighted by Gasteiger charge is 2.37. The van der Waals surface area contributed by atoms with Gasteiger partial charge in [0.2, 0.25) is 0 Å². The van der Waals surface area contributed by atoms with Crippen LogP contribution in [0.4, 0.5) is 10.1 Å². The quantitative estimate of drug-likeness (QED) is 0.662. The van der Waals surface area contributed by atoms with E-state index in [2.05, 4.69) is 14.8 Å². The smallest absolute Gasteiger partial charge is 0.191 e. The predicted octanol–water partition coefficient (Wildman–Crippen LogP) is 2.08. The first-order valence-corrected chi connectivity index (χ1v) is 8.66. The van der Waals surface area contributed by atoms with Gasteiger partial charge in [0.15, 0.2) is 5.96 Å². The lowest BCUT2D eigenvalue weighted by atomic mass is 9.69. The first-order chi connectivity index (χ1) is 11.6. The van der Waals surface area contributed by atoms with Crippen LogP contribution in [0.25, 0.3) is 0 Å². The molecule has 0 atom stereocenters. The van der Waals surface area contributed by atoms with Crippen molar-refractivity contribution in [3.8, 4) is 0 Å². The molecule has 0 amide bonds. The molecule has 0 spiro atoms. The number of piperazine rings is 1. The van der Waals surface area contributed by atoms with Crippen molar-refractivity contribution in [3.05, 3.63) is 30.1 Å². The second-order valence-corrected chi connectivity index (χ2v) is 6.91. The van der Waals surface area contributed by atoms with Crippen LogP contribution in [0.5, 0.6) is 0 Å². The standard InChI is InChI=1S/C18H27FN4O/c1-24-14-18(7-2-8-18)13-21-17(20)23-11-9-22(10-12-23)16-5-3-15(19)4-6-16/h3-6H,2,7-14H2,1H3,(H2,20,21). The molecular weight excluding hydrogens is 307 g/mol. The summed E-state index contributed by atoms with van der Waals surface area (Å²) in [6.07, 6.45) is 3.61. The number of hydrogen-bond acceptors (Lipinski definition) is 3. The molecular formula is C18H27FN4O. The maximum absolute atomic E-state index is 13.0. The minimum Gasteiger partial charge on any atom is -0.384 e. The molecule has 2 N–H and O–H groups in total. The van der Waals surface area contributed by atoms with Crippen molar-refractivity contribution < 1.29 is 9.13 Å². The normalized spacial score (nSPS) is 20.8. The molecule has 1 aliphatic carbocycles. The van der Waals surface area contributed by atoms with Gasteiger partial charge in [-0.15, -0.1) is 0 Å². The van der Waals surface area contributed by atoms with Crippen LogP contribution in [0.2, 0.25) is 0 Å². The van der Waals surface area contributed by atoms with E-state index in [1.54, 1.807) is 7.11 Å². The van der Waals surface area contributed by atoms with Crippen LogP contribution < -0.4 is 10.6 Å². The summed E-state index contributed by atoms with van der Waals surface area (Å²) < 4.78 is 18.4. The second-order valence-electron chi connectivity index (χ2n) is 6.91. The van der Waals surface area contributed by atoms with Gasteiger partial charge in [0.1, 0.15) is 5.82 Å². The number of ether oxygens (including phenoxy) is 1. The largest absolute Gasteiger partial charge is 0.384 e. The Kier molecular flexibility index (Phi) is 5.23. The van der Waals surface area contributed by atoms with Crippen molar-refractivity contribution in [2.24, 2.45) is 16.1 Å². The van der Waals surface area contributed by atoms with Gasteiger partial charge in [-0.3, -0.25) is 4.99 Å². The van der Waals surface area contributed by atoms with Crippen LogP contribution in [0.3, 0.4) is 0 Å². The molecule has 0 unspecified atom stereocenters. The van der Waals surface area contributed by atoms with Gasteiger partial charge in [0, 0.05) is 44.4 Å². The Morgan fingerprint density at radius 3 is 2.42 bits per heavy atom. The average Bonchev–Trinajstić information content (AvgIpc) is 2.58. The van der Waals surface area contributed by atoms with Gasteiger partial charge in [-0.1, -0.05) is 6.42 Å². The summed E-state index contributed by atoms with van der Waals surface area (Å²) in [6, 6.07) is 6.66. The summed E-state index contributed by atoms with van der Waals surface area (Å²) in [7, 11) is 1.75. The van der Waals surface area contributed by atoms with E-state index < -0.39 is 0 Å². The summed E-state index contributed by atoms with van der Waals surface area (Å²) in [5.41, 5.74) is 7.46. The van der Waals surface area contributed by atoms with Gasteiger partial charge in [-0.25, -0.2) is 4.39 Å². The highest BCUT2D eigenvalue weighted by Crippen LogP contribution is 2.41. The van der Waals surface area contributed by atoms with Gasteiger partial charge < -0.3 is 20.3 Å². The Morgan fingerprint density at radius 2 is 1.88 bits per heavy atom. The molecule has 0 bridgehead atoms. The number of halogens is 1. The number of nitrogens with two attached hydrogens (primary N) is 1. The van der Waals surface area contributed by atoms with Crippen molar-refractivity contribution in [3.63, 3.8) is 0 Å². The molecule has 2 aliphatic rings. The Bertz CT molecular complexity index is 563. The molecule has 1 aromatic carbocycles. The molecule has 1 aromatic rings. The monoisotopic (exact) mass is 334 g/mol. The van der Waals surface area contributed by atoms with Gasteiger partial charge in [0.05, 0.1) is 13.2 Å². The Labute approximate surface area is 143 Å². The molecule has 1 aliphatic heterocycles. The van der Waals surface area contributed by atoms with Gasteiger partial charge in [0.25, 0.3) is 0 Å². The first kappa shape index (κ1) is 17.0. The van der Waals surface area contributed by atoms with E-state index in [1.165, 1.54) is 31.4 Å². The zero-order valence-electron chi connectivity index (χ0n) is 14.4. The fraction of sp³-hybridized carbons (Fsp3) is 0.611. The maximum atomic E-state index is 13.0. The molecule has 1 saturated carbocycles. The Hall–Kier alpha value is -1.82. The minimum absolute atomic E-state index is 0.199. The van der Waals surface area contributed by atoms with Crippen molar-refractivity contribution in [1.29, 1.82) is 0 Å². The third kappa shape index (κ3) is 3.80. The summed E-state index contributed by atoms with van der Waals surface area (Å²) >= 11 is 0. The molecule has 1 heterocycles. The van der Waals surface area contributed by atoms with E-state index in [1.807, 2.05) is 12.1 Å². The summed E-state index contributed by atoms with van der Waals surface area (Å²) in [5, 5.41) is 0. The van der Waals surface area contributed by atoms with E-state index >= 15 is 0 Å². The van der Waals surface area contributed by atoms with E-state index in [-0.39, 0.29) is 11.2 Å². The molecule has 24 heavy (non-hydrogen) atoms. The molecule has 6 heteroatoms. The van der Waals surface area contributed by atoms with E-state index in [9.17, 15) is 4.39 Å². The number of benzene rings is 1. The number of methoxy groups -OCH3 is 1. The Morgan fingerprint density at radius 1 is 1.21 bits per heavy atom. The van der Waals surface area contributed by atoms with Crippen LogP contribution in [-0.2, 0) is 4.74 Å². The van der Waals surface area contributed by atoms with E-state index in [0.717, 1.165) is 45.0 Å². The third-order valence-corrected chi connectivity index (χ3v) is 5.24. The lowest BCUT2D eigenvalue weighted by Gasteiger charge is -2.41. The average molecular weight is 334 g/mol. The summed E-state index contributed by atoms with van der Waals surface area (Å²) in [5.74, 6) is 0.436. The van der Waals surface area contributed by atoms with E-state index in [4.69, 9.17) is 10.5 Å². The van der Waals surface area contributed by atoms with Crippen molar-refractivity contribution in [2.45, 2.75) is 19.3 Å². The van der Waals surface area contributed by atoms with Crippen LogP contribution in [-0.4, -0.2) is 57.3 Å². The zero-order chi connectivity index (χ0) is 17.0. The molecule has 3 rings (SSSR count). The zero-order valence-corrected chi connectivity index (χ0v) is 14.4. The number of aliphatic imine (C=N–C) groups is 1. The summed E-state index contributed by atoms with van der Waals surface area (Å²) in [4.78, 5) is 9.03. The topological polar surface area (TPSA) is 54.1 Å². The SMILES string of the molecule is COCC1(CN=C(N)N2CCN(c3ccc(F)cc3)CC2)CCC1. The summed E-state index contributed by atoms with van der Waals surface area (Å²) in [6.45, 7) is 4.93. The van der Waals surface area contributed by atoms with Crippen molar-refractivity contribution >= 4 is 11.6 Å². The van der Waals surface area contributed by atoms with Crippen LogP contribution in [0.1, 0.15) is 19.3 Å². The van der Waals surface area contributed by atoms with Crippen LogP contribution >= 0.6 is 0 Å². The fourth-order valence-corrected chi connectivity index (χ4v) is 3.53. The lowest BCUT2D eigenvalue weighted by molar-refractivity contribution is 0.0251. The van der Waals surface area contributed by atoms with Crippen LogP contribution in [0, 0.1) is 11.2 Å². The molecule has 5 nitrogen and oxygen atoms in total. The molecule has 1 saturated heterocycles. The second kappa shape index (κ2) is 7.38. The van der Waals surface area contributed by atoms with Crippen molar-refractivity contribution in [1.82, 2.24) is 4.90 Å². The molecule has 0 aromatic heterocycles. The molecule has 132 valence electrons. The van der Waals surface area contributed by atoms with Crippen LogP contribution in [0.15, 0.2) is 29.3 Å². The van der Waals surface area contributed by atoms with Crippen molar-refractivity contribution in [2.75, 3.05) is 51.3 Å². The number of guanidine groups is 1. The molecule has 0 radical (unpaired) electrons. The maximum Gasteiger partial charge on any atom is 0.191 e. The fourth-order valence-electron chi connectivity index (χ4n) is 3.53. The lowest BCUT2D eigenvalue weighted by Crippen LogP contribution is -2.51. The van der Waals surface area contributed by atoms with Gasteiger partial charge >= 0.3 is 0 Å². The highest BCUT2D eigenvalue weighted by atomic mass is 19.1.